The fourth-order valence-corrected chi connectivity index (χ4v) is 2.91. The number of aliphatic carboxylic acids is 1. The Morgan fingerprint density at radius 3 is 3.00 bits per heavy atom. The molecule has 106 valence electrons. The van der Waals surface area contributed by atoms with Crippen LogP contribution >= 0.6 is 0 Å². The maximum atomic E-state index is 12.0. The average Bonchev–Trinajstić information content (AvgIpc) is 2.82. The standard InChI is InChI=1S/C9H15N5O4S/c10-7(9(15)16)5-12-19(17,18)14-4-3-13-2-1-11-8(13)6-14/h1-2,7,12H,3-6,10H2,(H,15,16). The summed E-state index contributed by atoms with van der Waals surface area (Å²) in [6.45, 7) is 0.634. The van der Waals surface area contributed by atoms with E-state index in [1.54, 1.807) is 12.4 Å². The van der Waals surface area contributed by atoms with E-state index in [9.17, 15) is 13.2 Å². The highest BCUT2D eigenvalue weighted by molar-refractivity contribution is 7.87. The molecule has 1 aliphatic heterocycles. The Bertz CT molecular complexity index is 569. The molecule has 0 aliphatic carbocycles. The van der Waals surface area contributed by atoms with Gasteiger partial charge >= 0.3 is 5.97 Å². The zero-order chi connectivity index (χ0) is 14.0. The molecule has 2 heterocycles. The fourth-order valence-electron chi connectivity index (χ4n) is 1.73. The van der Waals surface area contributed by atoms with Gasteiger partial charge in [0.1, 0.15) is 11.9 Å². The zero-order valence-electron chi connectivity index (χ0n) is 10.1. The van der Waals surface area contributed by atoms with Gasteiger partial charge in [-0.2, -0.15) is 17.4 Å². The SMILES string of the molecule is NC(CNS(=O)(=O)N1CCn2ccnc2C1)C(=O)O. The van der Waals surface area contributed by atoms with Gasteiger partial charge in [-0.25, -0.2) is 4.98 Å². The lowest BCUT2D eigenvalue weighted by atomic mass is 10.3. The molecule has 1 aromatic heterocycles. The summed E-state index contributed by atoms with van der Waals surface area (Å²) in [7, 11) is -3.75. The van der Waals surface area contributed by atoms with Crippen LogP contribution < -0.4 is 10.5 Å². The number of aromatic nitrogens is 2. The van der Waals surface area contributed by atoms with Crippen molar-refractivity contribution in [1.82, 2.24) is 18.6 Å². The van der Waals surface area contributed by atoms with Crippen LogP contribution in [-0.2, 0) is 28.1 Å². The Kier molecular flexibility index (Phi) is 3.85. The number of hydrogen-bond donors (Lipinski definition) is 3. The number of nitrogens with one attached hydrogen (secondary N) is 1. The monoisotopic (exact) mass is 289 g/mol. The predicted octanol–water partition coefficient (Wildman–Crippen LogP) is -2.05. The van der Waals surface area contributed by atoms with Gasteiger partial charge in [0, 0.05) is 32.0 Å². The number of hydrogen-bond acceptors (Lipinski definition) is 5. The number of carbonyl (C=O) groups is 1. The maximum Gasteiger partial charge on any atom is 0.321 e. The summed E-state index contributed by atoms with van der Waals surface area (Å²) in [5.74, 6) is -0.601. The van der Waals surface area contributed by atoms with Crippen LogP contribution in [0.4, 0.5) is 0 Å². The Hall–Kier alpha value is -1.49. The van der Waals surface area contributed by atoms with Crippen LogP contribution in [-0.4, -0.2) is 52.5 Å². The summed E-state index contributed by atoms with van der Waals surface area (Å²) in [5.41, 5.74) is 5.25. The third-order valence-corrected chi connectivity index (χ3v) is 4.38. The van der Waals surface area contributed by atoms with E-state index in [4.69, 9.17) is 10.8 Å². The third kappa shape index (κ3) is 3.10. The largest absolute Gasteiger partial charge is 0.480 e. The van der Waals surface area contributed by atoms with Gasteiger partial charge in [0.05, 0.1) is 6.54 Å². The van der Waals surface area contributed by atoms with Crippen molar-refractivity contribution in [3.63, 3.8) is 0 Å². The Labute approximate surface area is 110 Å². The molecule has 0 bridgehead atoms. The molecular weight excluding hydrogens is 274 g/mol. The van der Waals surface area contributed by atoms with Gasteiger partial charge in [-0.1, -0.05) is 0 Å². The first-order valence-electron chi connectivity index (χ1n) is 5.63. The minimum Gasteiger partial charge on any atom is -0.480 e. The number of nitrogens with zero attached hydrogens (tertiary/aromatic N) is 3. The highest BCUT2D eigenvalue weighted by Gasteiger charge is 2.28. The second kappa shape index (κ2) is 5.25. The van der Waals surface area contributed by atoms with E-state index in [1.807, 2.05) is 4.57 Å². The molecule has 9 nitrogen and oxygen atoms in total. The van der Waals surface area contributed by atoms with Crippen molar-refractivity contribution >= 4 is 16.2 Å². The topological polar surface area (TPSA) is 131 Å². The van der Waals surface area contributed by atoms with Crippen molar-refractivity contribution in [2.24, 2.45) is 5.73 Å². The van der Waals surface area contributed by atoms with Crippen molar-refractivity contribution in [3.05, 3.63) is 18.2 Å². The second-order valence-corrected chi connectivity index (χ2v) is 5.92. The van der Waals surface area contributed by atoms with E-state index in [2.05, 4.69) is 9.71 Å². The first-order chi connectivity index (χ1) is 8.90. The lowest BCUT2D eigenvalue weighted by molar-refractivity contribution is -0.138. The number of nitrogens with two attached hydrogens (primary N) is 1. The van der Waals surface area contributed by atoms with Crippen LogP contribution in [0.15, 0.2) is 12.4 Å². The summed E-state index contributed by atoms with van der Waals surface area (Å²) in [5, 5.41) is 8.60. The van der Waals surface area contributed by atoms with E-state index in [1.165, 1.54) is 4.31 Å². The Morgan fingerprint density at radius 2 is 2.32 bits per heavy atom. The molecule has 10 heteroatoms. The molecule has 0 spiro atoms. The summed E-state index contributed by atoms with van der Waals surface area (Å²) >= 11 is 0. The first-order valence-corrected chi connectivity index (χ1v) is 7.07. The lowest BCUT2D eigenvalue weighted by Gasteiger charge is -2.27. The van der Waals surface area contributed by atoms with Crippen molar-refractivity contribution < 1.29 is 18.3 Å². The van der Waals surface area contributed by atoms with E-state index in [-0.39, 0.29) is 13.1 Å². The van der Waals surface area contributed by atoms with Gasteiger partial charge in [-0.15, -0.1) is 0 Å². The zero-order valence-corrected chi connectivity index (χ0v) is 10.9. The van der Waals surface area contributed by atoms with Gasteiger partial charge < -0.3 is 15.4 Å². The van der Waals surface area contributed by atoms with Crippen molar-refractivity contribution in [3.8, 4) is 0 Å². The highest BCUT2D eigenvalue weighted by atomic mass is 32.2. The summed E-state index contributed by atoms with van der Waals surface area (Å²) < 4.78 is 29.2. The summed E-state index contributed by atoms with van der Waals surface area (Å²) in [4.78, 5) is 14.6. The molecule has 1 atom stereocenters. The smallest absolute Gasteiger partial charge is 0.321 e. The van der Waals surface area contributed by atoms with Crippen molar-refractivity contribution in [2.75, 3.05) is 13.1 Å². The van der Waals surface area contributed by atoms with Crippen LogP contribution in [0.2, 0.25) is 0 Å². The number of carboxylic acid groups (broad SMARTS) is 1. The molecule has 2 rings (SSSR count). The van der Waals surface area contributed by atoms with E-state index in [0.717, 1.165) is 0 Å². The van der Waals surface area contributed by atoms with Crippen molar-refractivity contribution in [2.45, 2.75) is 19.1 Å². The fraction of sp³-hybridized carbons (Fsp3) is 0.556. The molecule has 1 aliphatic rings. The summed E-state index contributed by atoms with van der Waals surface area (Å²) in [6, 6.07) is -1.26. The number of imidazole rings is 1. The predicted molar refractivity (Wildman–Crippen MR) is 65.2 cm³/mol. The van der Waals surface area contributed by atoms with Crippen LogP contribution in [0.1, 0.15) is 5.82 Å². The number of rotatable bonds is 5. The van der Waals surface area contributed by atoms with Gasteiger partial charge in [0.2, 0.25) is 0 Å². The molecule has 1 aromatic rings. The highest BCUT2D eigenvalue weighted by Crippen LogP contribution is 2.12. The molecular formula is C9H15N5O4S. The van der Waals surface area contributed by atoms with Crippen LogP contribution in [0.25, 0.3) is 0 Å². The Morgan fingerprint density at radius 1 is 1.58 bits per heavy atom. The van der Waals surface area contributed by atoms with Crippen LogP contribution in [0.5, 0.6) is 0 Å². The molecule has 0 amide bonds. The van der Waals surface area contributed by atoms with Crippen LogP contribution in [0, 0.1) is 0 Å². The molecule has 0 aromatic carbocycles. The molecule has 0 saturated carbocycles. The minimum absolute atomic E-state index is 0.157. The quantitative estimate of drug-likeness (QED) is 0.571. The van der Waals surface area contributed by atoms with Crippen LogP contribution in [0.3, 0.4) is 0 Å². The van der Waals surface area contributed by atoms with Gasteiger partial charge in [-0.3, -0.25) is 4.79 Å². The van der Waals surface area contributed by atoms with Crippen molar-refractivity contribution in [1.29, 1.82) is 0 Å². The van der Waals surface area contributed by atoms with Gasteiger partial charge in [0.25, 0.3) is 10.2 Å². The lowest BCUT2D eigenvalue weighted by Crippen LogP contribution is -2.49. The normalized spacial score (nSPS) is 17.9. The molecule has 1 unspecified atom stereocenters. The number of fused-ring (bicyclic) bond motifs is 1. The maximum absolute atomic E-state index is 12.0. The summed E-state index contributed by atoms with van der Waals surface area (Å²) in [6.07, 6.45) is 3.40. The molecule has 0 saturated heterocycles. The van der Waals surface area contributed by atoms with E-state index >= 15 is 0 Å². The molecule has 0 fully saturated rings. The Balaban J connectivity index is 2.00. The average molecular weight is 289 g/mol. The molecule has 19 heavy (non-hydrogen) atoms. The van der Waals surface area contributed by atoms with E-state index < -0.39 is 22.2 Å². The van der Waals surface area contributed by atoms with Gasteiger partial charge in [0.15, 0.2) is 0 Å². The molecule has 0 radical (unpaired) electrons. The second-order valence-electron chi connectivity index (χ2n) is 4.17. The first kappa shape index (κ1) is 13.9. The van der Waals surface area contributed by atoms with E-state index in [0.29, 0.717) is 18.9 Å². The minimum atomic E-state index is -3.75. The third-order valence-electron chi connectivity index (χ3n) is 2.85. The molecule has 4 N–H and O–H groups in total. The number of carboxylic acids is 1. The van der Waals surface area contributed by atoms with Gasteiger partial charge in [-0.05, 0) is 0 Å².